The van der Waals surface area contributed by atoms with Crippen LogP contribution in [0.5, 0.6) is 5.88 Å². The van der Waals surface area contributed by atoms with Crippen LogP contribution in [0.4, 0.5) is 5.69 Å². The van der Waals surface area contributed by atoms with Crippen LogP contribution in [0.1, 0.15) is 22.3 Å². The van der Waals surface area contributed by atoms with E-state index >= 15 is 0 Å². The lowest BCUT2D eigenvalue weighted by Gasteiger charge is -1.99. The lowest BCUT2D eigenvalue weighted by Crippen LogP contribution is -1.81. The molecule has 21 heavy (non-hydrogen) atoms. The van der Waals surface area contributed by atoms with Gasteiger partial charge in [-0.15, -0.1) is 0 Å². The molecule has 2 aromatic carbocycles. The molecule has 0 radical (unpaired) electrons. The second kappa shape index (κ2) is 5.09. The molecule has 106 valence electrons. The quantitative estimate of drug-likeness (QED) is 0.664. The number of aryl methyl sites for hydroxylation is 3. The smallest absolute Gasteiger partial charge is 0.198 e. The Balaban J connectivity index is 2.05. The van der Waals surface area contributed by atoms with Crippen molar-refractivity contribution < 1.29 is 5.11 Å². The van der Waals surface area contributed by atoms with E-state index in [1.54, 1.807) is 6.21 Å². The summed E-state index contributed by atoms with van der Waals surface area (Å²) in [5.74, 6) is 0.156. The van der Waals surface area contributed by atoms with E-state index in [0.717, 1.165) is 27.7 Å². The van der Waals surface area contributed by atoms with E-state index in [0.29, 0.717) is 0 Å². The third-order valence-electron chi connectivity index (χ3n) is 3.52. The summed E-state index contributed by atoms with van der Waals surface area (Å²) in [6.07, 6.45) is 1.72. The molecular weight excluding hydrogens is 260 g/mol. The molecule has 3 aromatic rings. The monoisotopic (exact) mass is 278 g/mol. The van der Waals surface area contributed by atoms with E-state index < -0.39 is 0 Å². The number of fused-ring (bicyclic) bond motifs is 1. The van der Waals surface area contributed by atoms with Gasteiger partial charge in [0, 0.05) is 17.1 Å². The van der Waals surface area contributed by atoms with Crippen LogP contribution in [0, 0.1) is 20.8 Å². The topological polar surface area (TPSA) is 48.4 Å². The van der Waals surface area contributed by atoms with Gasteiger partial charge in [-0.05, 0) is 55.7 Å². The minimum atomic E-state index is 0.156. The summed E-state index contributed by atoms with van der Waals surface area (Å²) < 4.78 is 0. The van der Waals surface area contributed by atoms with Crippen molar-refractivity contribution in [2.24, 2.45) is 4.99 Å². The lowest BCUT2D eigenvalue weighted by molar-refractivity contribution is 0.457. The summed E-state index contributed by atoms with van der Waals surface area (Å²) in [5.41, 5.74) is 6.07. The zero-order valence-corrected chi connectivity index (χ0v) is 12.4. The van der Waals surface area contributed by atoms with Gasteiger partial charge in [0.05, 0.1) is 11.3 Å². The van der Waals surface area contributed by atoms with Gasteiger partial charge >= 0.3 is 0 Å². The van der Waals surface area contributed by atoms with Gasteiger partial charge in [-0.1, -0.05) is 18.2 Å². The highest BCUT2D eigenvalue weighted by atomic mass is 16.3. The second-order valence-corrected chi connectivity index (χ2v) is 5.54. The number of aromatic nitrogens is 1. The molecule has 0 fully saturated rings. The Morgan fingerprint density at radius 3 is 2.38 bits per heavy atom. The maximum absolute atomic E-state index is 10.1. The number of H-pyrrole nitrogens is 1. The molecule has 0 amide bonds. The summed E-state index contributed by atoms with van der Waals surface area (Å²) in [6.45, 7) is 6.14. The fourth-order valence-corrected chi connectivity index (χ4v) is 2.61. The minimum Gasteiger partial charge on any atom is -0.494 e. The van der Waals surface area contributed by atoms with Gasteiger partial charge in [0.15, 0.2) is 5.88 Å². The third kappa shape index (κ3) is 2.68. The molecule has 3 rings (SSSR count). The van der Waals surface area contributed by atoms with Crippen molar-refractivity contribution in [2.45, 2.75) is 20.8 Å². The van der Waals surface area contributed by atoms with E-state index in [-0.39, 0.29) is 5.88 Å². The molecule has 3 nitrogen and oxygen atoms in total. The predicted molar refractivity (Wildman–Crippen MR) is 87.9 cm³/mol. The zero-order chi connectivity index (χ0) is 15.0. The SMILES string of the molecule is Cc1cc(C)cc(N=Cc2c(O)[nH]c3cc(C)ccc23)c1. The molecule has 2 N–H and O–H groups in total. The maximum Gasteiger partial charge on any atom is 0.198 e. The molecule has 0 saturated carbocycles. The normalized spacial score (nSPS) is 11.6. The van der Waals surface area contributed by atoms with Crippen LogP contribution in [0.25, 0.3) is 10.9 Å². The summed E-state index contributed by atoms with van der Waals surface area (Å²) in [4.78, 5) is 7.49. The van der Waals surface area contributed by atoms with Gasteiger partial charge in [0.2, 0.25) is 0 Å². The van der Waals surface area contributed by atoms with Crippen LogP contribution in [-0.4, -0.2) is 16.3 Å². The minimum absolute atomic E-state index is 0.156. The van der Waals surface area contributed by atoms with E-state index in [2.05, 4.69) is 29.9 Å². The van der Waals surface area contributed by atoms with E-state index in [1.165, 1.54) is 11.1 Å². The number of rotatable bonds is 2. The lowest BCUT2D eigenvalue weighted by atomic mass is 10.1. The van der Waals surface area contributed by atoms with Crippen molar-refractivity contribution in [3.8, 4) is 5.88 Å². The number of nitrogens with one attached hydrogen (secondary N) is 1. The van der Waals surface area contributed by atoms with E-state index in [4.69, 9.17) is 0 Å². The Morgan fingerprint density at radius 1 is 0.952 bits per heavy atom. The first-order valence-electron chi connectivity index (χ1n) is 6.96. The first-order valence-corrected chi connectivity index (χ1v) is 6.96. The molecule has 0 aliphatic heterocycles. The Bertz CT molecular complexity index is 824. The molecule has 0 unspecified atom stereocenters. The molecule has 0 aliphatic rings. The number of hydrogen-bond donors (Lipinski definition) is 2. The molecule has 0 atom stereocenters. The average molecular weight is 278 g/mol. The van der Waals surface area contributed by atoms with Gasteiger partial charge < -0.3 is 10.1 Å². The zero-order valence-electron chi connectivity index (χ0n) is 12.4. The van der Waals surface area contributed by atoms with Gasteiger partial charge in [0.25, 0.3) is 0 Å². The third-order valence-corrected chi connectivity index (χ3v) is 3.52. The number of aromatic amines is 1. The van der Waals surface area contributed by atoms with Crippen molar-refractivity contribution in [3.63, 3.8) is 0 Å². The number of nitrogens with zero attached hydrogens (tertiary/aromatic N) is 1. The summed E-state index contributed by atoms with van der Waals surface area (Å²) in [6, 6.07) is 12.2. The molecular formula is C18H18N2O. The van der Waals surface area contributed by atoms with Crippen LogP contribution in [0.2, 0.25) is 0 Å². The Kier molecular flexibility index (Phi) is 3.26. The van der Waals surface area contributed by atoms with Gasteiger partial charge in [-0.3, -0.25) is 4.99 Å². The molecule has 0 spiro atoms. The second-order valence-electron chi connectivity index (χ2n) is 5.54. The molecule has 0 saturated heterocycles. The Hall–Kier alpha value is -2.55. The summed E-state index contributed by atoms with van der Waals surface area (Å²) in [5, 5.41) is 11.0. The van der Waals surface area contributed by atoms with Gasteiger partial charge in [0.1, 0.15) is 0 Å². The number of aliphatic imine (C=N–C) groups is 1. The number of benzene rings is 2. The van der Waals surface area contributed by atoms with Crippen LogP contribution in [0.3, 0.4) is 0 Å². The molecule has 1 aromatic heterocycles. The van der Waals surface area contributed by atoms with Crippen molar-refractivity contribution in [2.75, 3.05) is 0 Å². The molecule has 0 aliphatic carbocycles. The van der Waals surface area contributed by atoms with Crippen molar-refractivity contribution in [1.82, 2.24) is 4.98 Å². The first-order chi connectivity index (χ1) is 10.0. The van der Waals surface area contributed by atoms with Gasteiger partial charge in [-0.25, -0.2) is 0 Å². The number of aromatic hydroxyl groups is 1. The van der Waals surface area contributed by atoms with Crippen LogP contribution in [0.15, 0.2) is 41.4 Å². The van der Waals surface area contributed by atoms with Crippen molar-refractivity contribution in [3.05, 3.63) is 58.7 Å². The van der Waals surface area contributed by atoms with Crippen LogP contribution in [-0.2, 0) is 0 Å². The van der Waals surface area contributed by atoms with E-state index in [1.807, 2.05) is 37.3 Å². The Morgan fingerprint density at radius 2 is 1.67 bits per heavy atom. The number of hydrogen-bond acceptors (Lipinski definition) is 2. The largest absolute Gasteiger partial charge is 0.494 e. The van der Waals surface area contributed by atoms with Crippen LogP contribution < -0.4 is 0 Å². The molecule has 0 bridgehead atoms. The van der Waals surface area contributed by atoms with Crippen LogP contribution >= 0.6 is 0 Å². The Labute approximate surface area is 124 Å². The highest BCUT2D eigenvalue weighted by Gasteiger charge is 2.08. The van der Waals surface area contributed by atoms with E-state index in [9.17, 15) is 5.11 Å². The average Bonchev–Trinajstić information content (AvgIpc) is 2.70. The van der Waals surface area contributed by atoms with Crippen molar-refractivity contribution >= 4 is 22.8 Å². The highest BCUT2D eigenvalue weighted by Crippen LogP contribution is 2.27. The first kappa shape index (κ1) is 13.4. The fraction of sp³-hybridized carbons (Fsp3) is 0.167. The maximum atomic E-state index is 10.1. The fourth-order valence-electron chi connectivity index (χ4n) is 2.61. The van der Waals surface area contributed by atoms with Gasteiger partial charge in [-0.2, -0.15) is 0 Å². The molecule has 3 heteroatoms. The summed E-state index contributed by atoms with van der Waals surface area (Å²) in [7, 11) is 0. The molecule has 1 heterocycles. The summed E-state index contributed by atoms with van der Waals surface area (Å²) >= 11 is 0. The predicted octanol–water partition coefficient (Wildman–Crippen LogP) is 4.55. The van der Waals surface area contributed by atoms with Crippen molar-refractivity contribution in [1.29, 1.82) is 0 Å². The standard InChI is InChI=1S/C18H18N2O/c1-11-4-5-15-16(18(21)20-17(15)9-11)10-19-14-7-12(2)6-13(3)8-14/h4-10,20-21H,1-3H3. The highest BCUT2D eigenvalue weighted by molar-refractivity contribution is 6.02.